The second-order valence-electron chi connectivity index (χ2n) is 6.69. The van der Waals surface area contributed by atoms with E-state index in [1.54, 1.807) is 35.4 Å². The van der Waals surface area contributed by atoms with Crippen molar-refractivity contribution >= 4 is 11.8 Å². The number of rotatable bonds is 6. The van der Waals surface area contributed by atoms with Crippen molar-refractivity contribution in [1.29, 1.82) is 0 Å². The number of hydrogen-bond acceptors (Lipinski definition) is 6. The van der Waals surface area contributed by atoms with E-state index >= 15 is 0 Å². The van der Waals surface area contributed by atoms with Crippen molar-refractivity contribution < 1.29 is 14.3 Å². The van der Waals surface area contributed by atoms with Crippen LogP contribution in [-0.4, -0.2) is 44.7 Å². The minimum absolute atomic E-state index is 0.141. The molecule has 3 aromatic rings. The van der Waals surface area contributed by atoms with Gasteiger partial charge in [0.2, 0.25) is 5.88 Å². The van der Waals surface area contributed by atoms with Gasteiger partial charge in [-0.3, -0.25) is 19.3 Å². The number of carbonyl (C=O) groups excluding carboxylic acids is 2. The van der Waals surface area contributed by atoms with E-state index in [-0.39, 0.29) is 17.9 Å². The molecule has 9 nitrogen and oxygen atoms in total. The molecule has 1 unspecified atom stereocenters. The average Bonchev–Trinajstić information content (AvgIpc) is 3.33. The van der Waals surface area contributed by atoms with Gasteiger partial charge in [0.15, 0.2) is 0 Å². The van der Waals surface area contributed by atoms with Crippen LogP contribution in [0.2, 0.25) is 0 Å². The highest BCUT2D eigenvalue weighted by Crippen LogP contribution is 2.19. The highest BCUT2D eigenvalue weighted by Gasteiger charge is 2.29. The van der Waals surface area contributed by atoms with E-state index in [9.17, 15) is 9.59 Å². The van der Waals surface area contributed by atoms with Gasteiger partial charge in [0.05, 0.1) is 42.7 Å². The lowest BCUT2D eigenvalue weighted by molar-refractivity contribution is 0.0934. The Kier molecular flexibility index (Phi) is 5.19. The molecule has 1 aliphatic rings. The van der Waals surface area contributed by atoms with Gasteiger partial charge in [-0.2, -0.15) is 5.10 Å². The summed E-state index contributed by atoms with van der Waals surface area (Å²) in [6, 6.07) is 6.88. The molecule has 3 aromatic heterocycles. The minimum atomic E-state index is -0.224. The number of fused-ring (bicyclic) bond motifs is 1. The first-order valence-corrected chi connectivity index (χ1v) is 9.16. The SMILES string of the molecule is COc1ccc(C(=O)NC2Cc3c(C(=O)NCc4cccnc4)cnn3C2)cn1. The van der Waals surface area contributed by atoms with Crippen LogP contribution in [0.4, 0.5) is 0 Å². The van der Waals surface area contributed by atoms with Crippen LogP contribution in [0.5, 0.6) is 5.88 Å². The molecule has 0 radical (unpaired) electrons. The number of carbonyl (C=O) groups is 2. The van der Waals surface area contributed by atoms with Gasteiger partial charge in [-0.25, -0.2) is 4.98 Å². The highest BCUT2D eigenvalue weighted by atomic mass is 16.5. The van der Waals surface area contributed by atoms with Crippen molar-refractivity contribution in [3.8, 4) is 5.88 Å². The maximum absolute atomic E-state index is 12.6. The molecule has 2 N–H and O–H groups in total. The molecule has 4 rings (SSSR count). The molecule has 0 spiro atoms. The number of pyridine rings is 2. The van der Waals surface area contributed by atoms with Crippen LogP contribution in [0.25, 0.3) is 0 Å². The summed E-state index contributed by atoms with van der Waals surface area (Å²) in [5.41, 5.74) is 2.70. The molecule has 0 aliphatic carbocycles. The zero-order chi connectivity index (χ0) is 20.2. The zero-order valence-electron chi connectivity index (χ0n) is 15.8. The Morgan fingerprint density at radius 1 is 1.21 bits per heavy atom. The first kappa shape index (κ1) is 18.6. The third-order valence-corrected chi connectivity index (χ3v) is 4.75. The average molecular weight is 392 g/mol. The van der Waals surface area contributed by atoms with Gasteiger partial charge in [0.25, 0.3) is 11.8 Å². The molecule has 0 saturated carbocycles. The fraction of sp³-hybridized carbons (Fsp3) is 0.250. The molecule has 0 aromatic carbocycles. The Hall–Kier alpha value is -3.75. The number of amides is 2. The first-order chi connectivity index (χ1) is 14.1. The van der Waals surface area contributed by atoms with Crippen molar-refractivity contribution in [2.75, 3.05) is 7.11 Å². The molecule has 1 aliphatic heterocycles. The van der Waals surface area contributed by atoms with Crippen LogP contribution in [0.3, 0.4) is 0 Å². The van der Waals surface area contributed by atoms with Crippen molar-refractivity contribution in [1.82, 2.24) is 30.4 Å². The second kappa shape index (κ2) is 8.09. The van der Waals surface area contributed by atoms with E-state index in [4.69, 9.17) is 4.74 Å². The van der Waals surface area contributed by atoms with Crippen LogP contribution in [0.1, 0.15) is 32.0 Å². The molecule has 148 valence electrons. The van der Waals surface area contributed by atoms with E-state index < -0.39 is 0 Å². The van der Waals surface area contributed by atoms with Crippen LogP contribution in [0, 0.1) is 0 Å². The van der Waals surface area contributed by atoms with Crippen molar-refractivity contribution in [2.45, 2.75) is 25.6 Å². The second-order valence-corrected chi connectivity index (χ2v) is 6.69. The number of nitrogens with zero attached hydrogens (tertiary/aromatic N) is 4. The smallest absolute Gasteiger partial charge is 0.255 e. The molecule has 0 bridgehead atoms. The third-order valence-electron chi connectivity index (χ3n) is 4.75. The Morgan fingerprint density at radius 3 is 2.83 bits per heavy atom. The fourth-order valence-electron chi connectivity index (χ4n) is 3.26. The molecule has 29 heavy (non-hydrogen) atoms. The van der Waals surface area contributed by atoms with Crippen molar-refractivity contribution in [2.24, 2.45) is 0 Å². The summed E-state index contributed by atoms with van der Waals surface area (Å²) >= 11 is 0. The summed E-state index contributed by atoms with van der Waals surface area (Å²) < 4.78 is 6.76. The number of methoxy groups -OCH3 is 1. The number of ether oxygens (including phenoxy) is 1. The van der Waals surface area contributed by atoms with E-state index in [1.165, 1.54) is 13.3 Å². The molecular formula is C20H20N6O3. The quantitative estimate of drug-likeness (QED) is 0.647. The number of aromatic nitrogens is 4. The molecule has 2 amide bonds. The summed E-state index contributed by atoms with van der Waals surface area (Å²) in [6.45, 7) is 0.905. The van der Waals surface area contributed by atoms with Gasteiger partial charge in [0, 0.05) is 37.6 Å². The summed E-state index contributed by atoms with van der Waals surface area (Å²) in [5.74, 6) is 0.0319. The van der Waals surface area contributed by atoms with Gasteiger partial charge in [-0.05, 0) is 17.7 Å². The van der Waals surface area contributed by atoms with Gasteiger partial charge in [-0.15, -0.1) is 0 Å². The lowest BCUT2D eigenvalue weighted by atomic mass is 10.1. The maximum Gasteiger partial charge on any atom is 0.255 e. The zero-order valence-corrected chi connectivity index (χ0v) is 15.8. The molecule has 1 atom stereocenters. The van der Waals surface area contributed by atoms with Crippen molar-refractivity contribution in [3.63, 3.8) is 0 Å². The van der Waals surface area contributed by atoms with E-state index in [1.807, 2.05) is 12.1 Å². The molecular weight excluding hydrogens is 372 g/mol. The maximum atomic E-state index is 12.6. The lowest BCUT2D eigenvalue weighted by Crippen LogP contribution is -2.36. The summed E-state index contributed by atoms with van der Waals surface area (Å²) in [7, 11) is 1.52. The Bertz CT molecular complexity index is 1020. The van der Waals surface area contributed by atoms with Crippen LogP contribution < -0.4 is 15.4 Å². The predicted molar refractivity (Wildman–Crippen MR) is 103 cm³/mol. The standard InChI is InChI=1S/C20H20N6O3/c1-29-18-5-4-14(10-22-18)19(27)25-15-7-17-16(11-24-26(17)12-15)20(28)23-9-13-3-2-6-21-8-13/h2-6,8,10-11,15H,7,9,12H2,1H3,(H,23,28)(H,25,27). The van der Waals surface area contributed by atoms with E-state index in [0.29, 0.717) is 36.5 Å². The fourth-order valence-corrected chi connectivity index (χ4v) is 3.26. The third kappa shape index (κ3) is 4.08. The minimum Gasteiger partial charge on any atom is -0.481 e. The van der Waals surface area contributed by atoms with E-state index in [2.05, 4.69) is 25.7 Å². The Balaban J connectivity index is 1.36. The summed E-state index contributed by atoms with van der Waals surface area (Å²) in [5, 5.41) is 10.1. The lowest BCUT2D eigenvalue weighted by Gasteiger charge is -2.12. The Labute approximate surface area is 167 Å². The van der Waals surface area contributed by atoms with E-state index in [0.717, 1.165) is 11.3 Å². The summed E-state index contributed by atoms with van der Waals surface area (Å²) in [4.78, 5) is 33.1. The normalized spacial score (nSPS) is 14.9. The largest absolute Gasteiger partial charge is 0.481 e. The molecule has 4 heterocycles. The molecule has 9 heteroatoms. The van der Waals surface area contributed by atoms with Gasteiger partial charge < -0.3 is 15.4 Å². The van der Waals surface area contributed by atoms with Crippen LogP contribution >= 0.6 is 0 Å². The predicted octanol–water partition coefficient (Wildman–Crippen LogP) is 0.966. The highest BCUT2D eigenvalue weighted by molar-refractivity contribution is 5.96. The van der Waals surface area contributed by atoms with Gasteiger partial charge >= 0.3 is 0 Å². The number of hydrogen-bond donors (Lipinski definition) is 2. The number of nitrogens with one attached hydrogen (secondary N) is 2. The van der Waals surface area contributed by atoms with Crippen LogP contribution in [0.15, 0.2) is 49.1 Å². The van der Waals surface area contributed by atoms with Gasteiger partial charge in [-0.1, -0.05) is 6.07 Å². The van der Waals surface area contributed by atoms with Crippen LogP contribution in [-0.2, 0) is 19.5 Å². The summed E-state index contributed by atoms with van der Waals surface area (Å²) in [6.07, 6.45) is 6.97. The Morgan fingerprint density at radius 2 is 2.10 bits per heavy atom. The topological polar surface area (TPSA) is 111 Å². The van der Waals surface area contributed by atoms with Gasteiger partial charge in [0.1, 0.15) is 0 Å². The van der Waals surface area contributed by atoms with Crippen molar-refractivity contribution in [3.05, 3.63) is 71.4 Å². The monoisotopic (exact) mass is 392 g/mol. The molecule has 0 fully saturated rings. The first-order valence-electron chi connectivity index (χ1n) is 9.16. The molecule has 0 saturated heterocycles.